The standard InChI is InChI=1S/C28H25N3O/c1-19(23-9-5-7-21-6-3-4-8-24(21)23)31-18-20-10-13-28(32-2)25(16-20)22-11-12-26-27(17-22)30-15-14-29-26/h3-17,19,31H,18H2,1-2H3/t19-/m1/s1. The molecule has 0 saturated heterocycles. The van der Waals surface area contributed by atoms with Crippen molar-refractivity contribution < 1.29 is 4.74 Å². The fourth-order valence-corrected chi connectivity index (χ4v) is 4.23. The Morgan fingerprint density at radius 3 is 2.53 bits per heavy atom. The number of nitrogens with zero attached hydrogens (tertiary/aromatic N) is 2. The number of nitrogens with one attached hydrogen (secondary N) is 1. The first kappa shape index (κ1) is 20.2. The summed E-state index contributed by atoms with van der Waals surface area (Å²) in [6, 6.07) is 27.7. The Kier molecular flexibility index (Phi) is 5.53. The molecule has 1 aromatic heterocycles. The summed E-state index contributed by atoms with van der Waals surface area (Å²) in [5, 5.41) is 6.25. The molecule has 1 heterocycles. The van der Waals surface area contributed by atoms with Gasteiger partial charge in [0.15, 0.2) is 0 Å². The van der Waals surface area contributed by atoms with E-state index >= 15 is 0 Å². The molecule has 4 nitrogen and oxygen atoms in total. The maximum absolute atomic E-state index is 5.65. The zero-order valence-electron chi connectivity index (χ0n) is 18.2. The molecule has 0 radical (unpaired) electrons. The van der Waals surface area contributed by atoms with Gasteiger partial charge in [0.2, 0.25) is 0 Å². The molecule has 5 aromatic rings. The molecular formula is C28H25N3O. The van der Waals surface area contributed by atoms with E-state index in [4.69, 9.17) is 4.74 Å². The molecule has 0 aliphatic heterocycles. The molecule has 158 valence electrons. The van der Waals surface area contributed by atoms with Crippen LogP contribution in [-0.2, 0) is 6.54 Å². The smallest absolute Gasteiger partial charge is 0.126 e. The highest BCUT2D eigenvalue weighted by molar-refractivity contribution is 5.86. The van der Waals surface area contributed by atoms with Crippen LogP contribution in [0.2, 0.25) is 0 Å². The lowest BCUT2D eigenvalue weighted by atomic mass is 9.99. The maximum atomic E-state index is 5.65. The van der Waals surface area contributed by atoms with Gasteiger partial charge in [-0.3, -0.25) is 9.97 Å². The van der Waals surface area contributed by atoms with Crippen LogP contribution < -0.4 is 10.1 Å². The molecule has 32 heavy (non-hydrogen) atoms. The monoisotopic (exact) mass is 419 g/mol. The first-order valence-corrected chi connectivity index (χ1v) is 10.8. The van der Waals surface area contributed by atoms with Gasteiger partial charge < -0.3 is 10.1 Å². The van der Waals surface area contributed by atoms with Gasteiger partial charge in [-0.25, -0.2) is 0 Å². The van der Waals surface area contributed by atoms with Crippen LogP contribution in [0, 0.1) is 0 Å². The molecule has 0 aliphatic rings. The largest absolute Gasteiger partial charge is 0.496 e. The van der Waals surface area contributed by atoms with E-state index in [1.807, 2.05) is 12.1 Å². The Balaban J connectivity index is 1.42. The van der Waals surface area contributed by atoms with Crippen LogP contribution in [-0.4, -0.2) is 17.1 Å². The van der Waals surface area contributed by atoms with Crippen molar-refractivity contribution in [2.75, 3.05) is 7.11 Å². The van der Waals surface area contributed by atoms with Gasteiger partial charge in [0.05, 0.1) is 18.1 Å². The molecule has 0 amide bonds. The molecule has 0 unspecified atom stereocenters. The second-order valence-electron chi connectivity index (χ2n) is 7.97. The highest BCUT2D eigenvalue weighted by Gasteiger charge is 2.12. The van der Waals surface area contributed by atoms with Crippen LogP contribution in [0.4, 0.5) is 0 Å². The summed E-state index contributed by atoms with van der Waals surface area (Å²) in [4.78, 5) is 8.82. The summed E-state index contributed by atoms with van der Waals surface area (Å²) in [6.07, 6.45) is 3.43. The lowest BCUT2D eigenvalue weighted by Crippen LogP contribution is -2.18. The number of hydrogen-bond donors (Lipinski definition) is 1. The van der Waals surface area contributed by atoms with E-state index < -0.39 is 0 Å². The lowest BCUT2D eigenvalue weighted by molar-refractivity contribution is 0.416. The van der Waals surface area contributed by atoms with Crippen molar-refractivity contribution in [3.63, 3.8) is 0 Å². The quantitative estimate of drug-likeness (QED) is 0.350. The van der Waals surface area contributed by atoms with Gasteiger partial charge in [-0.15, -0.1) is 0 Å². The fraction of sp³-hybridized carbons (Fsp3) is 0.143. The van der Waals surface area contributed by atoms with Gasteiger partial charge in [-0.05, 0) is 58.7 Å². The van der Waals surface area contributed by atoms with Crippen LogP contribution in [0.25, 0.3) is 32.9 Å². The van der Waals surface area contributed by atoms with Crippen molar-refractivity contribution >= 4 is 21.8 Å². The Hall–Kier alpha value is -3.76. The fourth-order valence-electron chi connectivity index (χ4n) is 4.23. The average Bonchev–Trinajstić information content (AvgIpc) is 2.86. The van der Waals surface area contributed by atoms with Crippen molar-refractivity contribution in [1.82, 2.24) is 15.3 Å². The summed E-state index contributed by atoms with van der Waals surface area (Å²) < 4.78 is 5.65. The zero-order chi connectivity index (χ0) is 21.9. The average molecular weight is 420 g/mol. The van der Waals surface area contributed by atoms with Crippen LogP contribution >= 0.6 is 0 Å². The summed E-state index contributed by atoms with van der Waals surface area (Å²) in [7, 11) is 1.71. The summed E-state index contributed by atoms with van der Waals surface area (Å²) in [5.74, 6) is 0.846. The van der Waals surface area contributed by atoms with Crippen LogP contribution in [0.5, 0.6) is 5.75 Å². The van der Waals surface area contributed by atoms with E-state index in [0.29, 0.717) is 0 Å². The van der Waals surface area contributed by atoms with E-state index in [-0.39, 0.29) is 6.04 Å². The normalized spacial score (nSPS) is 12.2. The first-order valence-electron chi connectivity index (χ1n) is 10.8. The number of rotatable bonds is 6. The third-order valence-electron chi connectivity index (χ3n) is 5.95. The number of aromatic nitrogens is 2. The SMILES string of the molecule is COc1ccc(CN[C@H](C)c2cccc3ccccc23)cc1-c1ccc2nccnc2c1. The molecular weight excluding hydrogens is 394 g/mol. The van der Waals surface area contributed by atoms with Gasteiger partial charge in [0, 0.05) is 30.5 Å². The van der Waals surface area contributed by atoms with Gasteiger partial charge in [0.1, 0.15) is 5.75 Å². The summed E-state index contributed by atoms with van der Waals surface area (Å²) >= 11 is 0. The lowest BCUT2D eigenvalue weighted by Gasteiger charge is -2.18. The molecule has 0 spiro atoms. The number of methoxy groups -OCH3 is 1. The molecule has 0 bridgehead atoms. The Labute approximate surface area is 187 Å². The van der Waals surface area contributed by atoms with Crippen molar-refractivity contribution in [3.8, 4) is 16.9 Å². The van der Waals surface area contributed by atoms with Gasteiger partial charge in [-0.2, -0.15) is 0 Å². The van der Waals surface area contributed by atoms with Gasteiger partial charge >= 0.3 is 0 Å². The summed E-state index contributed by atoms with van der Waals surface area (Å²) in [5.41, 5.74) is 6.39. The Bertz CT molecular complexity index is 1390. The summed E-state index contributed by atoms with van der Waals surface area (Å²) in [6.45, 7) is 2.98. The number of benzene rings is 4. The van der Waals surface area contributed by atoms with Gasteiger partial charge in [-0.1, -0.05) is 54.6 Å². The third kappa shape index (κ3) is 3.93. The second kappa shape index (κ2) is 8.77. The van der Waals surface area contributed by atoms with Crippen LogP contribution in [0.3, 0.4) is 0 Å². The maximum Gasteiger partial charge on any atom is 0.126 e. The molecule has 4 aromatic carbocycles. The Morgan fingerprint density at radius 2 is 1.66 bits per heavy atom. The van der Waals surface area contributed by atoms with Crippen molar-refractivity contribution in [3.05, 3.63) is 102 Å². The number of hydrogen-bond acceptors (Lipinski definition) is 4. The molecule has 4 heteroatoms. The van der Waals surface area contributed by atoms with Gasteiger partial charge in [0.25, 0.3) is 0 Å². The second-order valence-corrected chi connectivity index (χ2v) is 7.97. The topological polar surface area (TPSA) is 47.0 Å². The van der Waals surface area contributed by atoms with Crippen molar-refractivity contribution in [2.45, 2.75) is 19.5 Å². The van der Waals surface area contributed by atoms with Crippen molar-refractivity contribution in [1.29, 1.82) is 0 Å². The molecule has 0 fully saturated rings. The van der Waals surface area contributed by atoms with E-state index in [1.165, 1.54) is 21.9 Å². The molecule has 0 saturated carbocycles. The van der Waals surface area contributed by atoms with E-state index in [9.17, 15) is 0 Å². The minimum absolute atomic E-state index is 0.225. The molecule has 1 atom stereocenters. The number of ether oxygens (including phenoxy) is 1. The molecule has 5 rings (SSSR count). The van der Waals surface area contributed by atoms with E-state index in [0.717, 1.165) is 34.5 Å². The first-order chi connectivity index (χ1) is 15.7. The molecule has 0 aliphatic carbocycles. The highest BCUT2D eigenvalue weighted by atomic mass is 16.5. The Morgan fingerprint density at radius 1 is 0.844 bits per heavy atom. The zero-order valence-corrected chi connectivity index (χ0v) is 18.2. The van der Waals surface area contributed by atoms with E-state index in [1.54, 1.807) is 19.5 Å². The minimum atomic E-state index is 0.225. The van der Waals surface area contributed by atoms with Crippen LogP contribution in [0.15, 0.2) is 91.3 Å². The minimum Gasteiger partial charge on any atom is -0.496 e. The molecule has 1 N–H and O–H groups in total. The predicted octanol–water partition coefficient (Wildman–Crippen LogP) is 6.31. The number of fused-ring (bicyclic) bond motifs is 2. The van der Waals surface area contributed by atoms with Crippen LogP contribution in [0.1, 0.15) is 24.1 Å². The van der Waals surface area contributed by atoms with Crippen molar-refractivity contribution in [2.24, 2.45) is 0 Å². The highest BCUT2D eigenvalue weighted by Crippen LogP contribution is 2.32. The van der Waals surface area contributed by atoms with E-state index in [2.05, 4.69) is 88.9 Å². The third-order valence-corrected chi connectivity index (χ3v) is 5.95. The predicted molar refractivity (Wildman–Crippen MR) is 131 cm³/mol.